The third-order valence-corrected chi connectivity index (χ3v) is 11.5. The first-order valence-corrected chi connectivity index (χ1v) is 19.4. The lowest BCUT2D eigenvalue weighted by Gasteiger charge is -2.60. The maximum absolute atomic E-state index is 15.1. The summed E-state index contributed by atoms with van der Waals surface area (Å²) < 4.78 is 25.5. The van der Waals surface area contributed by atoms with Gasteiger partial charge in [-0.25, -0.2) is 0 Å². The van der Waals surface area contributed by atoms with Crippen molar-refractivity contribution in [1.82, 2.24) is 4.90 Å². The molecule has 1 amide bonds. The molecule has 56 heavy (non-hydrogen) atoms. The third kappa shape index (κ3) is 7.46. The Morgan fingerprint density at radius 1 is 1.02 bits per heavy atom. The van der Waals surface area contributed by atoms with Crippen molar-refractivity contribution in [2.45, 2.75) is 69.2 Å². The Morgan fingerprint density at radius 3 is 2.50 bits per heavy atom. The predicted octanol–water partition coefficient (Wildman–Crippen LogP) is 6.60. The summed E-state index contributed by atoms with van der Waals surface area (Å²) in [4.78, 5) is 22.4. The smallest absolute Gasteiger partial charge is 0.254 e. The van der Waals surface area contributed by atoms with Crippen LogP contribution in [0.25, 0.3) is 0 Å². The fourth-order valence-electron chi connectivity index (χ4n) is 9.18. The molecule has 0 radical (unpaired) electrons. The van der Waals surface area contributed by atoms with Gasteiger partial charge in [0.25, 0.3) is 5.91 Å². The number of hydrogen-bond acceptors (Lipinski definition) is 11. The van der Waals surface area contributed by atoms with Crippen LogP contribution in [-0.4, -0.2) is 77.4 Å². The molecule has 0 spiro atoms. The minimum absolute atomic E-state index is 0.0178. The number of nitriles is 1. The largest absolute Gasteiger partial charge is 0.508 e. The molecular formula is C44H49N3O9. The number of aliphatic hydroxyl groups excluding tert-OH is 2. The quantitative estimate of drug-likeness (QED) is 0.0824. The zero-order chi connectivity index (χ0) is 39.2. The molecule has 3 N–H and O–H groups in total. The Hall–Kier alpha value is -5.35. The molecule has 12 heteroatoms. The Balaban J connectivity index is 1.45. The zero-order valence-corrected chi connectivity index (χ0v) is 31.6. The minimum atomic E-state index is -1.48. The molecule has 7 rings (SSSR count). The number of rotatable bonds is 16. The van der Waals surface area contributed by atoms with E-state index in [-0.39, 0.29) is 69.0 Å². The van der Waals surface area contributed by atoms with Crippen LogP contribution in [0.5, 0.6) is 23.0 Å². The van der Waals surface area contributed by atoms with E-state index in [1.807, 2.05) is 18.2 Å². The maximum Gasteiger partial charge on any atom is 0.254 e. The number of allylic oxidation sites excluding steroid dienone is 1. The van der Waals surface area contributed by atoms with Crippen molar-refractivity contribution in [2.24, 2.45) is 22.9 Å². The summed E-state index contributed by atoms with van der Waals surface area (Å²) in [6.45, 7) is 4.50. The van der Waals surface area contributed by atoms with Gasteiger partial charge in [-0.05, 0) is 103 Å². The van der Waals surface area contributed by atoms with Crippen molar-refractivity contribution < 1.29 is 43.9 Å². The van der Waals surface area contributed by atoms with Crippen LogP contribution in [0.3, 0.4) is 0 Å². The molecule has 1 fully saturated rings. The van der Waals surface area contributed by atoms with Crippen LogP contribution >= 0.6 is 0 Å². The van der Waals surface area contributed by atoms with E-state index >= 15 is 4.79 Å². The van der Waals surface area contributed by atoms with Gasteiger partial charge in [0.15, 0.2) is 11.5 Å². The Bertz CT molecular complexity index is 2010. The Kier molecular flexibility index (Phi) is 12.0. The predicted molar refractivity (Wildman–Crippen MR) is 207 cm³/mol. The summed E-state index contributed by atoms with van der Waals surface area (Å²) in [6.07, 6.45) is 8.61. The minimum Gasteiger partial charge on any atom is -0.508 e. The molecule has 0 unspecified atom stereocenters. The lowest BCUT2D eigenvalue weighted by molar-refractivity contribution is -0.255. The molecule has 2 aliphatic heterocycles. The molecule has 4 aliphatic rings. The molecule has 0 bridgehead atoms. The molecule has 3 aromatic carbocycles. The lowest BCUT2D eigenvalue weighted by atomic mass is 9.55. The first-order valence-electron chi connectivity index (χ1n) is 19.4. The van der Waals surface area contributed by atoms with E-state index in [0.29, 0.717) is 46.9 Å². The fourth-order valence-corrected chi connectivity index (χ4v) is 9.18. The van der Waals surface area contributed by atoms with E-state index in [1.54, 1.807) is 53.4 Å². The zero-order valence-electron chi connectivity index (χ0n) is 31.6. The number of benzene rings is 3. The highest BCUT2D eigenvalue weighted by Gasteiger charge is 2.65. The van der Waals surface area contributed by atoms with Gasteiger partial charge in [-0.3, -0.25) is 4.79 Å². The molecule has 0 saturated heterocycles. The number of ether oxygens (including phenoxy) is 4. The van der Waals surface area contributed by atoms with Crippen molar-refractivity contribution in [3.05, 3.63) is 107 Å². The summed E-state index contributed by atoms with van der Waals surface area (Å²) in [7, 11) is 1.51. The molecule has 0 aromatic heterocycles. The molecule has 3 aromatic rings. The van der Waals surface area contributed by atoms with E-state index in [9.17, 15) is 20.6 Å². The average Bonchev–Trinajstić information content (AvgIpc) is 3.69. The monoisotopic (exact) mass is 763 g/mol. The van der Waals surface area contributed by atoms with E-state index in [0.717, 1.165) is 42.4 Å². The third-order valence-electron chi connectivity index (χ3n) is 11.5. The van der Waals surface area contributed by atoms with Crippen molar-refractivity contribution in [3.8, 4) is 29.1 Å². The van der Waals surface area contributed by atoms with Gasteiger partial charge in [-0.2, -0.15) is 5.26 Å². The molecule has 2 aliphatic carbocycles. The van der Waals surface area contributed by atoms with Crippen LogP contribution in [0.1, 0.15) is 77.9 Å². The first kappa shape index (κ1) is 38.9. The summed E-state index contributed by atoms with van der Waals surface area (Å²) >= 11 is 0. The number of aliphatic hydroxyl groups is 2. The van der Waals surface area contributed by atoms with Crippen LogP contribution in [0.15, 0.2) is 90.1 Å². The number of hydrogen-bond donors (Lipinski definition) is 3. The molecule has 6 atom stereocenters. The van der Waals surface area contributed by atoms with E-state index in [2.05, 4.69) is 23.9 Å². The summed E-state index contributed by atoms with van der Waals surface area (Å²) in [6, 6.07) is 18.6. The van der Waals surface area contributed by atoms with Gasteiger partial charge in [-0.15, -0.1) is 6.58 Å². The number of oxime groups is 1. The highest BCUT2D eigenvalue weighted by Crippen LogP contribution is 2.62. The van der Waals surface area contributed by atoms with Crippen LogP contribution in [0, 0.1) is 29.1 Å². The van der Waals surface area contributed by atoms with Crippen LogP contribution in [-0.2, 0) is 16.1 Å². The standard InChI is InChI=1S/C44H49N3O9/c1-3-20-55-44-40(47(43(51)30-13-10-28(25-45)11-14-30)26-29-12-16-38-39(21-29)54-27-53-38)24-36(46-52-2)34-22-31(8-4-6-18-48)33(9-5-7-19-49)41(42(34)44)35-23-32(50)15-17-37(35)56-44/h3,10-17,21-23,31,33,40-42,48-50H,1,4-9,18-20,24,26-27H2,2H3/t31-,33+,40-,41+,42+,44+/m0/s1. The van der Waals surface area contributed by atoms with Crippen molar-refractivity contribution in [3.63, 3.8) is 0 Å². The number of phenolic OH excluding ortho intramolecular Hbond substituents is 1. The number of unbranched alkanes of at least 4 members (excludes halogenated alkanes) is 2. The maximum atomic E-state index is 15.1. The van der Waals surface area contributed by atoms with Crippen molar-refractivity contribution in [1.29, 1.82) is 5.26 Å². The number of carbonyl (C=O) groups is 1. The van der Waals surface area contributed by atoms with Gasteiger partial charge in [0.2, 0.25) is 12.6 Å². The van der Waals surface area contributed by atoms with E-state index in [4.69, 9.17) is 23.8 Å². The number of phenols is 1. The Morgan fingerprint density at radius 2 is 1.77 bits per heavy atom. The molecule has 2 heterocycles. The second-order valence-electron chi connectivity index (χ2n) is 14.8. The topological polar surface area (TPSA) is 163 Å². The average molecular weight is 764 g/mol. The van der Waals surface area contributed by atoms with E-state index < -0.39 is 17.7 Å². The van der Waals surface area contributed by atoms with Gasteiger partial charge < -0.3 is 44.0 Å². The SMILES string of the molecule is C=CCO[C@@]12Oc3ccc(O)cc3[C@H]3[C@H](CCCCO)[C@@H](CCCCO)C=C(C(=NOC)C[C@@H]1N(Cc1ccc4c(c1)OCO4)C(=O)c1ccc(C#N)cc1)[C@H]32. The second kappa shape index (κ2) is 17.2. The number of amides is 1. The summed E-state index contributed by atoms with van der Waals surface area (Å²) in [5.41, 5.74) is 3.97. The van der Waals surface area contributed by atoms with Crippen LogP contribution < -0.4 is 14.2 Å². The lowest BCUT2D eigenvalue weighted by Crippen LogP contribution is -2.70. The van der Waals surface area contributed by atoms with Gasteiger partial charge >= 0.3 is 0 Å². The number of fused-ring (bicyclic) bond motifs is 3. The first-order chi connectivity index (χ1) is 27.3. The van der Waals surface area contributed by atoms with Gasteiger partial charge in [0.05, 0.1) is 29.9 Å². The van der Waals surface area contributed by atoms with Crippen LogP contribution in [0.2, 0.25) is 0 Å². The fraction of sp³-hybridized carbons (Fsp3) is 0.432. The highest BCUT2D eigenvalue weighted by atomic mass is 16.7. The highest BCUT2D eigenvalue weighted by molar-refractivity contribution is 6.03. The molecular weight excluding hydrogens is 714 g/mol. The molecule has 1 saturated carbocycles. The molecule has 294 valence electrons. The normalized spacial score (nSPS) is 24.9. The number of nitrogens with zero attached hydrogens (tertiary/aromatic N) is 3. The van der Waals surface area contributed by atoms with Crippen molar-refractivity contribution >= 4 is 11.6 Å². The molecule has 12 nitrogen and oxygen atoms in total. The summed E-state index contributed by atoms with van der Waals surface area (Å²) in [5, 5.41) is 44.7. The van der Waals surface area contributed by atoms with Gasteiger partial charge in [0.1, 0.15) is 24.7 Å². The van der Waals surface area contributed by atoms with E-state index in [1.165, 1.54) is 7.11 Å². The van der Waals surface area contributed by atoms with Crippen LogP contribution in [0.4, 0.5) is 0 Å². The van der Waals surface area contributed by atoms with Gasteiger partial charge in [-0.1, -0.05) is 36.2 Å². The van der Waals surface area contributed by atoms with Crippen molar-refractivity contribution in [2.75, 3.05) is 33.7 Å². The number of aromatic hydroxyl groups is 1. The summed E-state index contributed by atoms with van der Waals surface area (Å²) in [5.74, 6) is -0.658. The Labute approximate surface area is 327 Å². The second-order valence-corrected chi connectivity index (χ2v) is 14.8. The van der Waals surface area contributed by atoms with Gasteiger partial charge in [0, 0.05) is 43.2 Å². The number of carbonyl (C=O) groups excluding carboxylic acids is 1.